The number of hydrogen-bond acceptors (Lipinski definition) is 10. The van der Waals surface area contributed by atoms with E-state index < -0.39 is 44.5 Å². The van der Waals surface area contributed by atoms with E-state index in [0.29, 0.717) is 0 Å². The Kier molecular flexibility index (Phi) is 4.91. The van der Waals surface area contributed by atoms with Crippen LogP contribution in [0.1, 0.15) is 0 Å². The Bertz CT molecular complexity index is 676. The Balaban J connectivity index is 2.10. The predicted molar refractivity (Wildman–Crippen MR) is 76.0 cm³/mol. The van der Waals surface area contributed by atoms with E-state index in [1.807, 2.05) is 0 Å². The van der Waals surface area contributed by atoms with Gasteiger partial charge in [-0.15, -0.1) is 0 Å². The van der Waals surface area contributed by atoms with Crippen molar-refractivity contribution in [3.63, 3.8) is 0 Å². The smallest absolute Gasteiger partial charge is 0.391 e. The van der Waals surface area contributed by atoms with Crippen LogP contribution < -0.4 is 22.3 Å². The van der Waals surface area contributed by atoms with E-state index in [1.165, 1.54) is 0 Å². The average Bonchev–Trinajstić information content (AvgIpc) is 2.69. The fourth-order valence-electron chi connectivity index (χ4n) is 1.92. The summed E-state index contributed by atoms with van der Waals surface area (Å²) in [6.45, 7) is -0.666. The number of aromatic amines is 1. The van der Waals surface area contributed by atoms with Crippen LogP contribution in [-0.4, -0.2) is 61.1 Å². The lowest BCUT2D eigenvalue weighted by atomic mass is 10.1. The second kappa shape index (κ2) is 6.41. The summed E-state index contributed by atoms with van der Waals surface area (Å²) in [7, 11) is -4.76. The van der Waals surface area contributed by atoms with Crippen LogP contribution in [0.5, 0.6) is 0 Å². The van der Waals surface area contributed by atoms with Crippen molar-refractivity contribution in [1.82, 2.24) is 9.97 Å². The highest BCUT2D eigenvalue weighted by Crippen LogP contribution is 2.37. The number of aliphatic hydroxyl groups is 2. The maximum absolute atomic E-state index is 11.5. The summed E-state index contributed by atoms with van der Waals surface area (Å²) in [5.41, 5.74) is 9.84. The van der Waals surface area contributed by atoms with Gasteiger partial charge >= 0.3 is 7.82 Å². The number of nitrogens with one attached hydrogen (secondary N) is 2. The van der Waals surface area contributed by atoms with E-state index >= 15 is 0 Å². The third kappa shape index (κ3) is 4.17. The van der Waals surface area contributed by atoms with Crippen molar-refractivity contribution < 1.29 is 33.8 Å². The third-order valence-corrected chi connectivity index (χ3v) is 3.51. The van der Waals surface area contributed by atoms with Crippen LogP contribution in [0.3, 0.4) is 0 Å². The van der Waals surface area contributed by atoms with Crippen LogP contribution in [0.25, 0.3) is 0 Å². The van der Waals surface area contributed by atoms with Crippen LogP contribution in [0, 0.1) is 0 Å². The zero-order valence-electron chi connectivity index (χ0n) is 11.5. The molecule has 1 fully saturated rings. The molecule has 1 aromatic heterocycles. The van der Waals surface area contributed by atoms with E-state index in [2.05, 4.69) is 19.8 Å². The first-order valence-corrected chi connectivity index (χ1v) is 7.75. The average molecular weight is 353 g/mol. The first kappa shape index (κ1) is 17.6. The molecule has 13 nitrogen and oxygen atoms in total. The Morgan fingerprint density at radius 2 is 2.00 bits per heavy atom. The minimum atomic E-state index is -4.76. The molecule has 130 valence electrons. The quantitative estimate of drug-likeness (QED) is 0.246. The molecule has 0 amide bonds. The number of nitrogens with zero attached hydrogens (tertiary/aromatic N) is 1. The van der Waals surface area contributed by atoms with E-state index in [-0.39, 0.29) is 17.5 Å². The van der Waals surface area contributed by atoms with Crippen molar-refractivity contribution in [3.8, 4) is 0 Å². The SMILES string of the molecule is Nc1nc(N[C@H]2O[C@H](COP(=O)(O)O)[C@@H](O)[C@H]2O)c(N)c(=O)[nH]1. The number of H-pyrrole nitrogens is 1. The predicted octanol–water partition coefficient (Wildman–Crippen LogP) is -3.10. The summed E-state index contributed by atoms with van der Waals surface area (Å²) in [5, 5.41) is 22.1. The molecule has 23 heavy (non-hydrogen) atoms. The van der Waals surface area contributed by atoms with Gasteiger partial charge in [0.15, 0.2) is 12.0 Å². The van der Waals surface area contributed by atoms with Gasteiger partial charge in [0.25, 0.3) is 5.56 Å². The standard InChI is InChI=1S/C9H16N5O8P/c10-3-6(13-9(11)14-7(3)17)12-8-5(16)4(15)2(22-8)1-21-23(18,19)20/h2,4-5,8,15-16H,1,10H2,(H2,18,19,20)(H4,11,12,13,14,17)/t2-,4-,5-,8+/m1/s1. The van der Waals surface area contributed by atoms with Crippen molar-refractivity contribution in [2.75, 3.05) is 23.4 Å². The molecule has 0 aromatic carbocycles. The topological polar surface area (TPSA) is 226 Å². The Morgan fingerprint density at radius 3 is 2.61 bits per heavy atom. The van der Waals surface area contributed by atoms with Crippen LogP contribution in [0.4, 0.5) is 17.5 Å². The highest BCUT2D eigenvalue weighted by atomic mass is 31.2. The molecule has 0 radical (unpaired) electrons. The maximum atomic E-state index is 11.5. The van der Waals surface area contributed by atoms with Crippen molar-refractivity contribution in [2.24, 2.45) is 0 Å². The molecule has 10 N–H and O–H groups in total. The molecule has 1 aliphatic heterocycles. The van der Waals surface area contributed by atoms with Gasteiger partial charge in [0.05, 0.1) is 6.61 Å². The molecule has 2 heterocycles. The molecule has 0 unspecified atom stereocenters. The number of aromatic nitrogens is 2. The van der Waals surface area contributed by atoms with Gasteiger partial charge in [0.2, 0.25) is 5.95 Å². The summed E-state index contributed by atoms with van der Waals surface area (Å²) in [5.74, 6) is -0.417. The summed E-state index contributed by atoms with van der Waals surface area (Å²) in [6.07, 6.45) is -5.48. The lowest BCUT2D eigenvalue weighted by molar-refractivity contribution is -0.0151. The summed E-state index contributed by atoms with van der Waals surface area (Å²) >= 11 is 0. The first-order valence-electron chi connectivity index (χ1n) is 6.22. The van der Waals surface area contributed by atoms with Crippen LogP contribution in [0.15, 0.2) is 4.79 Å². The molecule has 1 aromatic rings. The zero-order valence-corrected chi connectivity index (χ0v) is 12.4. The Morgan fingerprint density at radius 1 is 1.35 bits per heavy atom. The molecule has 14 heteroatoms. The van der Waals surface area contributed by atoms with Gasteiger partial charge < -0.3 is 41.5 Å². The summed E-state index contributed by atoms with van der Waals surface area (Å²) in [6, 6.07) is 0. The molecule has 0 bridgehead atoms. The minimum Gasteiger partial charge on any atom is -0.391 e. The lowest BCUT2D eigenvalue weighted by Crippen LogP contribution is -2.37. The number of nitrogen functional groups attached to an aromatic ring is 2. The highest BCUT2D eigenvalue weighted by Gasteiger charge is 2.44. The van der Waals surface area contributed by atoms with Crippen molar-refractivity contribution >= 4 is 25.3 Å². The van der Waals surface area contributed by atoms with Crippen molar-refractivity contribution in [1.29, 1.82) is 0 Å². The van der Waals surface area contributed by atoms with Crippen molar-refractivity contribution in [3.05, 3.63) is 10.4 Å². The van der Waals surface area contributed by atoms with Gasteiger partial charge in [-0.25, -0.2) is 4.57 Å². The third-order valence-electron chi connectivity index (χ3n) is 3.02. The molecule has 2 rings (SSSR count). The monoisotopic (exact) mass is 353 g/mol. The largest absolute Gasteiger partial charge is 0.469 e. The van der Waals surface area contributed by atoms with Gasteiger partial charge in [-0.2, -0.15) is 4.98 Å². The van der Waals surface area contributed by atoms with Crippen LogP contribution in [0.2, 0.25) is 0 Å². The van der Waals surface area contributed by atoms with Gasteiger partial charge in [0, 0.05) is 0 Å². The molecule has 4 atom stereocenters. The lowest BCUT2D eigenvalue weighted by Gasteiger charge is -2.18. The molecular formula is C9H16N5O8P. The number of hydrogen-bond donors (Lipinski definition) is 8. The van der Waals surface area contributed by atoms with Crippen molar-refractivity contribution in [2.45, 2.75) is 24.5 Å². The summed E-state index contributed by atoms with van der Waals surface area (Å²) in [4.78, 5) is 34.6. The number of phosphoric ester groups is 1. The molecule has 1 aliphatic rings. The molecule has 0 aliphatic carbocycles. The number of nitrogens with two attached hydrogens (primary N) is 2. The maximum Gasteiger partial charge on any atom is 0.469 e. The van der Waals surface area contributed by atoms with Gasteiger partial charge in [0.1, 0.15) is 24.0 Å². The second-order valence-electron chi connectivity index (χ2n) is 4.72. The number of aliphatic hydroxyl groups excluding tert-OH is 2. The number of ether oxygens (including phenoxy) is 1. The van der Waals surface area contributed by atoms with E-state index in [0.717, 1.165) is 0 Å². The van der Waals surface area contributed by atoms with Gasteiger partial charge in [-0.1, -0.05) is 0 Å². The minimum absolute atomic E-state index is 0.181. The van der Waals surface area contributed by atoms with Crippen LogP contribution >= 0.6 is 7.82 Å². The molecule has 0 spiro atoms. The fourth-order valence-corrected chi connectivity index (χ4v) is 2.26. The zero-order chi connectivity index (χ0) is 17.4. The Hall–Kier alpha value is -1.73. The highest BCUT2D eigenvalue weighted by molar-refractivity contribution is 7.46. The fraction of sp³-hybridized carbons (Fsp3) is 0.556. The second-order valence-corrected chi connectivity index (χ2v) is 5.96. The van der Waals surface area contributed by atoms with E-state index in [1.54, 1.807) is 0 Å². The Labute approximate surface area is 128 Å². The van der Waals surface area contributed by atoms with Gasteiger partial charge in [-0.3, -0.25) is 14.3 Å². The number of anilines is 3. The normalized spacial score (nSPS) is 28.0. The molecular weight excluding hydrogens is 337 g/mol. The van der Waals surface area contributed by atoms with E-state index in [4.69, 9.17) is 26.0 Å². The number of rotatable bonds is 5. The molecule has 0 saturated carbocycles. The number of phosphoric acid groups is 1. The summed E-state index contributed by atoms with van der Waals surface area (Å²) < 4.78 is 20.1. The first-order chi connectivity index (χ1) is 10.6. The van der Waals surface area contributed by atoms with Crippen LogP contribution in [-0.2, 0) is 13.8 Å². The van der Waals surface area contributed by atoms with Gasteiger partial charge in [-0.05, 0) is 0 Å². The molecule has 1 saturated heterocycles. The van der Waals surface area contributed by atoms with E-state index in [9.17, 15) is 19.6 Å².